The molecule has 1 aromatic rings. The van der Waals surface area contributed by atoms with Gasteiger partial charge in [-0.25, -0.2) is 4.79 Å². The Morgan fingerprint density at radius 2 is 2.29 bits per heavy atom. The van der Waals surface area contributed by atoms with Gasteiger partial charge in [0.1, 0.15) is 0 Å². The average molecular weight is 278 g/mol. The maximum Gasteiger partial charge on any atom is 0.368 e. The molecule has 0 unspecified atom stereocenters. The largest absolute Gasteiger partial charge is 0.476 e. The van der Waals surface area contributed by atoms with E-state index < -0.39 is 11.1 Å². The van der Waals surface area contributed by atoms with Gasteiger partial charge in [-0.15, -0.1) is 0 Å². The van der Waals surface area contributed by atoms with Gasteiger partial charge in [0.15, 0.2) is 0 Å². The van der Waals surface area contributed by atoms with E-state index in [9.17, 15) is 4.79 Å². The quantitative estimate of drug-likeness (QED) is 0.659. The summed E-state index contributed by atoms with van der Waals surface area (Å²) in [7, 11) is 0. The lowest BCUT2D eigenvalue weighted by atomic mass is 10.3. The van der Waals surface area contributed by atoms with Crippen LogP contribution in [0.5, 0.6) is 0 Å². The number of halogens is 2. The van der Waals surface area contributed by atoms with Crippen molar-refractivity contribution in [1.29, 1.82) is 0 Å². The van der Waals surface area contributed by atoms with Crippen molar-refractivity contribution in [3.05, 3.63) is 28.7 Å². The van der Waals surface area contributed by atoms with Crippen molar-refractivity contribution in [3.63, 3.8) is 0 Å². The molecule has 0 aliphatic carbocycles. The fourth-order valence-electron chi connectivity index (χ4n) is 0.719. The molecule has 0 amide bonds. The van der Waals surface area contributed by atoms with Crippen LogP contribution < -0.4 is 5.43 Å². The van der Waals surface area contributed by atoms with E-state index in [0.29, 0.717) is 5.69 Å². The number of nitrogens with zero attached hydrogens (tertiary/aromatic N) is 1. The van der Waals surface area contributed by atoms with Crippen LogP contribution in [0.15, 0.2) is 33.8 Å². The third kappa shape index (κ3) is 3.35. The summed E-state index contributed by atoms with van der Waals surface area (Å²) in [6.07, 6.45) is 0. The minimum atomic E-state index is -1.27. The number of nitrogens with one attached hydrogen (secondary N) is 1. The van der Waals surface area contributed by atoms with E-state index in [1.807, 2.05) is 6.07 Å². The Labute approximate surface area is 93.7 Å². The summed E-state index contributed by atoms with van der Waals surface area (Å²) in [5.74, 6) is -1.27. The summed E-state index contributed by atoms with van der Waals surface area (Å²) in [4.78, 5) is 10.3. The maximum absolute atomic E-state index is 10.3. The summed E-state index contributed by atoms with van der Waals surface area (Å²) < 4.78 is 0.865. The van der Waals surface area contributed by atoms with Crippen molar-refractivity contribution in [2.45, 2.75) is 0 Å². The van der Waals surface area contributed by atoms with Crippen molar-refractivity contribution < 1.29 is 9.90 Å². The molecular weight excluding hydrogens is 271 g/mol. The Bertz CT molecular complexity index is 381. The molecule has 0 saturated carbocycles. The number of hydrogen-bond donors (Lipinski definition) is 2. The van der Waals surface area contributed by atoms with Crippen LogP contribution >= 0.6 is 27.5 Å². The molecule has 0 radical (unpaired) electrons. The van der Waals surface area contributed by atoms with Crippen LogP contribution in [0.1, 0.15) is 0 Å². The van der Waals surface area contributed by atoms with E-state index in [1.54, 1.807) is 18.2 Å². The minimum Gasteiger partial charge on any atom is -0.476 e. The van der Waals surface area contributed by atoms with Crippen LogP contribution in [0.25, 0.3) is 0 Å². The molecule has 14 heavy (non-hydrogen) atoms. The number of hydrogen-bond acceptors (Lipinski definition) is 3. The van der Waals surface area contributed by atoms with Gasteiger partial charge in [-0.05, 0) is 18.2 Å². The lowest BCUT2D eigenvalue weighted by Crippen LogP contribution is -2.07. The summed E-state index contributed by atoms with van der Waals surface area (Å²) in [6, 6.07) is 7.11. The molecule has 0 aliphatic rings. The maximum atomic E-state index is 10.3. The lowest BCUT2D eigenvalue weighted by molar-refractivity contribution is -0.129. The van der Waals surface area contributed by atoms with Crippen molar-refractivity contribution in [3.8, 4) is 0 Å². The van der Waals surface area contributed by atoms with E-state index in [2.05, 4.69) is 26.5 Å². The predicted octanol–water partition coefficient (Wildman–Crippen LogP) is 2.50. The van der Waals surface area contributed by atoms with Crippen LogP contribution in [-0.4, -0.2) is 16.2 Å². The van der Waals surface area contributed by atoms with Crippen molar-refractivity contribution >= 4 is 44.4 Å². The summed E-state index contributed by atoms with van der Waals surface area (Å²) in [6.45, 7) is 0. The Kier molecular flexibility index (Phi) is 3.91. The van der Waals surface area contributed by atoms with E-state index in [4.69, 9.17) is 16.7 Å². The molecule has 6 heteroatoms. The second kappa shape index (κ2) is 4.97. The number of benzene rings is 1. The monoisotopic (exact) mass is 276 g/mol. The Hall–Kier alpha value is -1.07. The van der Waals surface area contributed by atoms with E-state index in [-0.39, 0.29) is 0 Å². The number of carboxylic acids is 1. The highest BCUT2D eigenvalue weighted by atomic mass is 79.9. The molecule has 0 heterocycles. The van der Waals surface area contributed by atoms with Crippen LogP contribution in [0.2, 0.25) is 0 Å². The first-order valence-corrected chi connectivity index (χ1v) is 4.75. The Morgan fingerprint density at radius 3 is 2.86 bits per heavy atom. The number of hydrazone groups is 1. The highest BCUT2D eigenvalue weighted by Crippen LogP contribution is 2.15. The normalized spacial score (nSPS) is 11.1. The zero-order valence-corrected chi connectivity index (χ0v) is 9.21. The molecule has 74 valence electrons. The second-order valence-electron chi connectivity index (χ2n) is 2.33. The van der Waals surface area contributed by atoms with E-state index in [1.165, 1.54) is 0 Å². The SMILES string of the molecule is O=C(O)/C(Cl)=N/Nc1cccc(Br)c1. The molecule has 1 aromatic carbocycles. The Morgan fingerprint density at radius 1 is 1.57 bits per heavy atom. The van der Waals surface area contributed by atoms with Gasteiger partial charge in [0.2, 0.25) is 5.17 Å². The third-order valence-corrected chi connectivity index (χ3v) is 2.02. The standard InChI is InChI=1S/C8H6BrClN2O2/c9-5-2-1-3-6(4-5)11-12-7(10)8(13)14/h1-4,11H,(H,13,14)/b12-7-. The van der Waals surface area contributed by atoms with Crippen LogP contribution in [0.3, 0.4) is 0 Å². The van der Waals surface area contributed by atoms with Gasteiger partial charge in [-0.3, -0.25) is 5.43 Å². The fourth-order valence-corrected chi connectivity index (χ4v) is 1.16. The summed E-state index contributed by atoms with van der Waals surface area (Å²) in [5, 5.41) is 11.3. The van der Waals surface area contributed by atoms with Gasteiger partial charge < -0.3 is 5.11 Å². The van der Waals surface area contributed by atoms with E-state index in [0.717, 1.165) is 4.47 Å². The summed E-state index contributed by atoms with van der Waals surface area (Å²) >= 11 is 8.54. The second-order valence-corrected chi connectivity index (χ2v) is 3.60. The van der Waals surface area contributed by atoms with Gasteiger partial charge in [0.05, 0.1) is 5.69 Å². The smallest absolute Gasteiger partial charge is 0.368 e. The molecule has 0 spiro atoms. The lowest BCUT2D eigenvalue weighted by Gasteiger charge is -1.99. The number of aliphatic carboxylic acids is 1. The molecule has 0 atom stereocenters. The molecule has 4 nitrogen and oxygen atoms in total. The molecule has 0 bridgehead atoms. The van der Waals surface area contributed by atoms with Crippen molar-refractivity contribution in [1.82, 2.24) is 0 Å². The van der Waals surface area contributed by atoms with E-state index >= 15 is 0 Å². The zero-order valence-electron chi connectivity index (χ0n) is 6.87. The topological polar surface area (TPSA) is 61.7 Å². The molecule has 0 saturated heterocycles. The highest BCUT2D eigenvalue weighted by Gasteiger charge is 2.03. The van der Waals surface area contributed by atoms with Gasteiger partial charge in [0.25, 0.3) is 0 Å². The van der Waals surface area contributed by atoms with Crippen LogP contribution in [0, 0.1) is 0 Å². The third-order valence-electron chi connectivity index (χ3n) is 1.28. The van der Waals surface area contributed by atoms with Crippen molar-refractivity contribution in [2.75, 3.05) is 5.43 Å². The molecule has 2 N–H and O–H groups in total. The Balaban J connectivity index is 2.71. The highest BCUT2D eigenvalue weighted by molar-refractivity contribution is 9.10. The van der Waals surface area contributed by atoms with Crippen LogP contribution in [-0.2, 0) is 4.79 Å². The van der Waals surface area contributed by atoms with Gasteiger partial charge in [0, 0.05) is 4.47 Å². The molecule has 0 aliphatic heterocycles. The van der Waals surface area contributed by atoms with Gasteiger partial charge >= 0.3 is 5.97 Å². The average Bonchev–Trinajstić information content (AvgIpc) is 2.14. The minimum absolute atomic E-state index is 0.509. The zero-order chi connectivity index (χ0) is 10.6. The number of carboxylic acid groups (broad SMARTS) is 1. The number of carbonyl (C=O) groups is 1. The summed E-state index contributed by atoms with van der Waals surface area (Å²) in [5.41, 5.74) is 3.16. The first kappa shape index (κ1) is 11.0. The van der Waals surface area contributed by atoms with Gasteiger partial charge in [-0.2, -0.15) is 5.10 Å². The number of rotatable bonds is 3. The van der Waals surface area contributed by atoms with Crippen LogP contribution in [0.4, 0.5) is 5.69 Å². The molecule has 0 aromatic heterocycles. The van der Waals surface area contributed by atoms with Gasteiger partial charge in [-0.1, -0.05) is 33.6 Å². The fraction of sp³-hybridized carbons (Fsp3) is 0. The molecular formula is C8H6BrClN2O2. The molecule has 0 fully saturated rings. The first-order chi connectivity index (χ1) is 6.59. The first-order valence-electron chi connectivity index (χ1n) is 3.57. The molecule has 1 rings (SSSR count). The predicted molar refractivity (Wildman–Crippen MR) is 58.7 cm³/mol. The van der Waals surface area contributed by atoms with Crippen molar-refractivity contribution in [2.24, 2.45) is 5.10 Å². The number of anilines is 1.